The monoisotopic (exact) mass is 525 g/mol. The van der Waals surface area contributed by atoms with Crippen LogP contribution in [0.3, 0.4) is 0 Å². The topological polar surface area (TPSA) is 44.5 Å². The van der Waals surface area contributed by atoms with Gasteiger partial charge in [-0.15, -0.1) is 0 Å². The summed E-state index contributed by atoms with van der Waals surface area (Å²) in [5.41, 5.74) is 8.23. The largest absolute Gasteiger partial charge is 0.494 e. The fourth-order valence-electron chi connectivity index (χ4n) is 4.50. The molecule has 216 valence electrons. The molecule has 0 unspecified atom stereocenters. The van der Waals surface area contributed by atoms with E-state index in [4.69, 9.17) is 15.2 Å². The number of nitrogens with two attached hydrogens (primary N) is 1. The molecule has 3 nitrogen and oxygen atoms in total. The Kier molecular flexibility index (Phi) is 22.6. The van der Waals surface area contributed by atoms with Crippen molar-refractivity contribution < 1.29 is 9.47 Å². The minimum Gasteiger partial charge on any atom is -0.494 e. The number of rotatable bonds is 22. The smallest absolute Gasteiger partial charge is 0.119 e. The lowest BCUT2D eigenvalue weighted by Gasteiger charge is -2.07. The van der Waals surface area contributed by atoms with Gasteiger partial charge in [-0.25, -0.2) is 0 Å². The SMILES string of the molecule is CCCCCCCCCOc1ccc(CCC)cc1.CCCCCCCCCOc1cccc(CCN)c1. The molecule has 0 fully saturated rings. The maximum Gasteiger partial charge on any atom is 0.119 e. The molecular weight excluding hydrogens is 466 g/mol. The van der Waals surface area contributed by atoms with Crippen LogP contribution in [-0.4, -0.2) is 19.8 Å². The first-order chi connectivity index (χ1) is 18.7. The quantitative estimate of drug-likeness (QED) is 0.156. The Labute approximate surface area is 235 Å². The molecule has 0 saturated heterocycles. The van der Waals surface area contributed by atoms with Gasteiger partial charge in [0.1, 0.15) is 11.5 Å². The highest BCUT2D eigenvalue weighted by atomic mass is 16.5. The van der Waals surface area contributed by atoms with Crippen LogP contribution in [0, 0.1) is 0 Å². The molecule has 2 aromatic rings. The Balaban J connectivity index is 0.000000380. The number of hydrogen-bond donors (Lipinski definition) is 1. The summed E-state index contributed by atoms with van der Waals surface area (Å²) in [5.74, 6) is 2.00. The predicted octanol–water partition coefficient (Wildman–Crippen LogP) is 10.1. The van der Waals surface area contributed by atoms with Crippen LogP contribution in [0.5, 0.6) is 11.5 Å². The van der Waals surface area contributed by atoms with Crippen LogP contribution in [0.2, 0.25) is 0 Å². The molecule has 2 aromatic carbocycles. The second kappa shape index (κ2) is 25.3. The molecule has 3 heteroatoms. The zero-order chi connectivity index (χ0) is 27.5. The Morgan fingerprint density at radius 1 is 0.500 bits per heavy atom. The third-order valence-corrected chi connectivity index (χ3v) is 6.83. The van der Waals surface area contributed by atoms with Crippen molar-refractivity contribution in [2.45, 2.75) is 130 Å². The van der Waals surface area contributed by atoms with Crippen molar-refractivity contribution >= 4 is 0 Å². The van der Waals surface area contributed by atoms with Gasteiger partial charge in [0.2, 0.25) is 0 Å². The Bertz CT molecular complexity index is 759. The first kappa shape index (κ1) is 34.0. The molecular formula is C35H59NO2. The van der Waals surface area contributed by atoms with Crippen LogP contribution < -0.4 is 15.2 Å². The fourth-order valence-corrected chi connectivity index (χ4v) is 4.50. The average molecular weight is 526 g/mol. The molecule has 0 amide bonds. The van der Waals surface area contributed by atoms with Gasteiger partial charge in [-0.3, -0.25) is 0 Å². The summed E-state index contributed by atoms with van der Waals surface area (Å²) in [5, 5.41) is 0. The fraction of sp³-hybridized carbons (Fsp3) is 0.657. The van der Waals surface area contributed by atoms with Crippen molar-refractivity contribution in [3.63, 3.8) is 0 Å². The highest BCUT2D eigenvalue weighted by Crippen LogP contribution is 2.16. The molecule has 0 atom stereocenters. The van der Waals surface area contributed by atoms with Gasteiger partial charge in [-0.1, -0.05) is 129 Å². The van der Waals surface area contributed by atoms with Crippen molar-refractivity contribution in [2.75, 3.05) is 19.8 Å². The second-order valence-electron chi connectivity index (χ2n) is 10.5. The minimum atomic E-state index is 0.696. The van der Waals surface area contributed by atoms with Crippen LogP contribution in [0.4, 0.5) is 0 Å². The molecule has 0 saturated carbocycles. The maximum absolute atomic E-state index is 5.78. The van der Waals surface area contributed by atoms with Gasteiger partial charge < -0.3 is 15.2 Å². The van der Waals surface area contributed by atoms with E-state index in [0.29, 0.717) is 6.54 Å². The summed E-state index contributed by atoms with van der Waals surface area (Å²) in [6.45, 7) is 9.12. The van der Waals surface area contributed by atoms with Crippen molar-refractivity contribution in [2.24, 2.45) is 5.73 Å². The molecule has 0 aromatic heterocycles. The van der Waals surface area contributed by atoms with E-state index in [2.05, 4.69) is 57.2 Å². The van der Waals surface area contributed by atoms with Gasteiger partial charge in [0.25, 0.3) is 0 Å². The number of unbranched alkanes of at least 4 members (excludes halogenated alkanes) is 12. The maximum atomic E-state index is 5.78. The number of benzene rings is 2. The summed E-state index contributed by atoms with van der Waals surface area (Å²) in [6, 6.07) is 16.9. The summed E-state index contributed by atoms with van der Waals surface area (Å²) < 4.78 is 11.5. The standard InChI is InChI=1S/C18H30O.C17H29NO/c1-3-5-6-7-8-9-10-16-19-18-14-12-17(11-4-2)13-15-18;1-2-3-4-5-6-7-8-14-19-17-11-9-10-16(15-17)12-13-18/h12-15H,3-11,16H2,1-2H3;9-11,15H,2-8,12-14,18H2,1H3. The number of ether oxygens (including phenoxy) is 2. The highest BCUT2D eigenvalue weighted by molar-refractivity contribution is 5.29. The van der Waals surface area contributed by atoms with E-state index in [9.17, 15) is 0 Å². The zero-order valence-corrected chi connectivity index (χ0v) is 25.2. The predicted molar refractivity (Wildman–Crippen MR) is 167 cm³/mol. The molecule has 0 heterocycles. The van der Waals surface area contributed by atoms with Gasteiger partial charge in [0.05, 0.1) is 13.2 Å². The van der Waals surface area contributed by atoms with Crippen LogP contribution >= 0.6 is 0 Å². The summed E-state index contributed by atoms with van der Waals surface area (Å²) in [6.07, 6.45) is 21.9. The molecule has 0 spiro atoms. The normalized spacial score (nSPS) is 10.6. The van der Waals surface area contributed by atoms with Crippen LogP contribution in [-0.2, 0) is 12.8 Å². The third-order valence-electron chi connectivity index (χ3n) is 6.83. The van der Waals surface area contributed by atoms with Crippen molar-refractivity contribution in [1.82, 2.24) is 0 Å². The third kappa shape index (κ3) is 19.1. The van der Waals surface area contributed by atoms with E-state index in [1.807, 2.05) is 12.1 Å². The van der Waals surface area contributed by atoms with Crippen molar-refractivity contribution in [3.8, 4) is 11.5 Å². The lowest BCUT2D eigenvalue weighted by atomic mass is 10.1. The molecule has 2 rings (SSSR count). The van der Waals surface area contributed by atoms with E-state index in [1.54, 1.807) is 0 Å². The van der Waals surface area contributed by atoms with E-state index in [-0.39, 0.29) is 0 Å². The highest BCUT2D eigenvalue weighted by Gasteiger charge is 1.98. The van der Waals surface area contributed by atoms with E-state index in [1.165, 1.54) is 101 Å². The molecule has 0 aliphatic heterocycles. The summed E-state index contributed by atoms with van der Waals surface area (Å²) in [4.78, 5) is 0. The van der Waals surface area contributed by atoms with Gasteiger partial charge in [-0.05, 0) is 67.6 Å². The van der Waals surface area contributed by atoms with Crippen LogP contribution in [0.15, 0.2) is 48.5 Å². The molecule has 0 radical (unpaired) electrons. The summed E-state index contributed by atoms with van der Waals surface area (Å²) in [7, 11) is 0. The summed E-state index contributed by atoms with van der Waals surface area (Å²) >= 11 is 0. The average Bonchev–Trinajstić information content (AvgIpc) is 2.93. The van der Waals surface area contributed by atoms with Crippen LogP contribution in [0.25, 0.3) is 0 Å². The van der Waals surface area contributed by atoms with E-state index < -0.39 is 0 Å². The Morgan fingerprint density at radius 2 is 1.03 bits per heavy atom. The molecule has 38 heavy (non-hydrogen) atoms. The van der Waals surface area contributed by atoms with Gasteiger partial charge in [-0.2, -0.15) is 0 Å². The van der Waals surface area contributed by atoms with Gasteiger partial charge in [0, 0.05) is 0 Å². The molecule has 0 aliphatic carbocycles. The van der Waals surface area contributed by atoms with E-state index in [0.717, 1.165) is 44.0 Å². The lowest BCUT2D eigenvalue weighted by molar-refractivity contribution is 0.304. The number of hydrogen-bond acceptors (Lipinski definition) is 3. The molecule has 2 N–H and O–H groups in total. The Hall–Kier alpha value is -2.00. The zero-order valence-electron chi connectivity index (χ0n) is 25.2. The van der Waals surface area contributed by atoms with Gasteiger partial charge >= 0.3 is 0 Å². The minimum absolute atomic E-state index is 0.696. The second-order valence-corrected chi connectivity index (χ2v) is 10.5. The first-order valence-electron chi connectivity index (χ1n) is 15.9. The first-order valence-corrected chi connectivity index (χ1v) is 15.9. The lowest BCUT2D eigenvalue weighted by Crippen LogP contribution is -2.03. The number of aryl methyl sites for hydroxylation is 1. The van der Waals surface area contributed by atoms with Crippen LogP contribution in [0.1, 0.15) is 128 Å². The van der Waals surface area contributed by atoms with Crippen molar-refractivity contribution in [3.05, 3.63) is 59.7 Å². The van der Waals surface area contributed by atoms with E-state index >= 15 is 0 Å². The molecule has 0 bridgehead atoms. The van der Waals surface area contributed by atoms with Crippen molar-refractivity contribution in [1.29, 1.82) is 0 Å². The molecule has 0 aliphatic rings. The Morgan fingerprint density at radius 3 is 1.55 bits per heavy atom. The van der Waals surface area contributed by atoms with Gasteiger partial charge in [0.15, 0.2) is 0 Å².